The van der Waals surface area contributed by atoms with Crippen LogP contribution in [0.4, 0.5) is 0 Å². The average molecular weight is 433 g/mol. The first-order valence-electron chi connectivity index (χ1n) is 10.6. The van der Waals surface area contributed by atoms with Gasteiger partial charge in [0, 0.05) is 27.1 Å². The molecule has 8 heteroatoms. The first-order chi connectivity index (χ1) is 14.8. The summed E-state index contributed by atoms with van der Waals surface area (Å²) in [6.45, 7) is 3.81. The Labute approximate surface area is 183 Å². The number of benzene rings is 1. The van der Waals surface area contributed by atoms with Crippen LogP contribution in [0.15, 0.2) is 35.9 Å². The lowest BCUT2D eigenvalue weighted by Gasteiger charge is -2.47. The molecule has 0 radical (unpaired) electrons. The Morgan fingerprint density at radius 1 is 1.16 bits per heavy atom. The maximum absolute atomic E-state index is 13.0. The molecule has 8 nitrogen and oxygen atoms in total. The minimum atomic E-state index is -1.71. The number of aliphatic carboxylic acids is 1. The van der Waals surface area contributed by atoms with Gasteiger partial charge in [0.1, 0.15) is 0 Å². The lowest BCUT2D eigenvalue weighted by Crippen LogP contribution is -2.65. The van der Waals surface area contributed by atoms with Crippen molar-refractivity contribution in [3.63, 3.8) is 0 Å². The van der Waals surface area contributed by atoms with E-state index in [1.54, 1.807) is 31.2 Å². The van der Waals surface area contributed by atoms with Gasteiger partial charge >= 0.3 is 17.8 Å². The molecule has 1 aliphatic rings. The van der Waals surface area contributed by atoms with E-state index in [1.807, 2.05) is 6.07 Å². The van der Waals surface area contributed by atoms with Crippen LogP contribution in [-0.2, 0) is 23.9 Å². The van der Waals surface area contributed by atoms with E-state index >= 15 is 0 Å². The third kappa shape index (κ3) is 4.80. The number of rotatable bonds is 12. The van der Waals surface area contributed by atoms with Crippen molar-refractivity contribution in [3.05, 3.63) is 41.5 Å². The van der Waals surface area contributed by atoms with Crippen molar-refractivity contribution in [2.75, 3.05) is 14.2 Å². The third-order valence-corrected chi connectivity index (χ3v) is 5.71. The van der Waals surface area contributed by atoms with Crippen molar-refractivity contribution >= 4 is 23.9 Å². The van der Waals surface area contributed by atoms with Crippen LogP contribution < -0.4 is 5.32 Å². The Bertz CT molecular complexity index is 819. The standard InChI is InChI=1S/C23H32N2O6/c1-5-7-8-12-15-22(30-3,18(21(28)29)16-17-13-10-9-11-14-17)25-20(27)19(26)24-23(25,6-2)31-4/h9-11,13-14,16H,5-8,12,15H2,1-4H3,(H,24,26)(H,28,29). The topological polar surface area (TPSA) is 105 Å². The predicted molar refractivity (Wildman–Crippen MR) is 116 cm³/mol. The lowest BCUT2D eigenvalue weighted by molar-refractivity contribution is -0.229. The number of methoxy groups -OCH3 is 2. The zero-order valence-electron chi connectivity index (χ0n) is 18.6. The molecule has 0 aliphatic carbocycles. The number of hydrogen-bond acceptors (Lipinski definition) is 5. The number of carbonyl (C=O) groups is 3. The lowest BCUT2D eigenvalue weighted by atomic mass is 9.90. The van der Waals surface area contributed by atoms with Crippen LogP contribution in [0.5, 0.6) is 0 Å². The Kier molecular flexibility index (Phi) is 8.36. The fraction of sp³-hybridized carbons (Fsp3) is 0.522. The molecule has 2 rings (SSSR count). The van der Waals surface area contributed by atoms with E-state index in [4.69, 9.17) is 9.47 Å². The van der Waals surface area contributed by atoms with E-state index in [0.717, 1.165) is 24.2 Å². The van der Waals surface area contributed by atoms with E-state index < -0.39 is 29.4 Å². The molecule has 2 amide bonds. The summed E-state index contributed by atoms with van der Waals surface area (Å²) in [4.78, 5) is 39.1. The molecule has 2 N–H and O–H groups in total. The molecule has 1 aromatic rings. The maximum Gasteiger partial charge on any atom is 0.336 e. The molecule has 0 aromatic heterocycles. The Morgan fingerprint density at radius 2 is 1.84 bits per heavy atom. The second-order valence-electron chi connectivity index (χ2n) is 7.51. The molecule has 1 saturated heterocycles. The van der Waals surface area contributed by atoms with Gasteiger partial charge in [0.05, 0.1) is 5.57 Å². The molecule has 1 fully saturated rings. The highest BCUT2D eigenvalue weighted by Crippen LogP contribution is 2.41. The average Bonchev–Trinajstić information content (AvgIpc) is 3.04. The van der Waals surface area contributed by atoms with Crippen molar-refractivity contribution < 1.29 is 29.0 Å². The largest absolute Gasteiger partial charge is 0.478 e. The summed E-state index contributed by atoms with van der Waals surface area (Å²) < 4.78 is 11.4. The summed E-state index contributed by atoms with van der Waals surface area (Å²) in [7, 11) is 2.72. The smallest absolute Gasteiger partial charge is 0.336 e. The number of hydrogen-bond donors (Lipinski definition) is 2. The number of carbonyl (C=O) groups excluding carboxylic acids is 2. The summed E-state index contributed by atoms with van der Waals surface area (Å²) in [6.07, 6.45) is 5.26. The Hall–Kier alpha value is -2.71. The monoisotopic (exact) mass is 432 g/mol. The SMILES string of the molecule is CCCCCCC(OC)(C(=Cc1ccccc1)C(=O)O)N1C(=O)C(=O)NC1(CC)OC. The number of ether oxygens (including phenoxy) is 2. The molecule has 2 unspecified atom stereocenters. The Balaban J connectivity index is 2.71. The highest BCUT2D eigenvalue weighted by molar-refractivity contribution is 6.37. The molecule has 0 spiro atoms. The van der Waals surface area contributed by atoms with E-state index in [2.05, 4.69) is 12.2 Å². The van der Waals surface area contributed by atoms with Gasteiger partial charge in [-0.15, -0.1) is 0 Å². The molecule has 31 heavy (non-hydrogen) atoms. The molecule has 1 aromatic carbocycles. The van der Waals surface area contributed by atoms with Gasteiger partial charge in [-0.05, 0) is 18.1 Å². The number of carboxylic acid groups (broad SMARTS) is 1. The van der Waals surface area contributed by atoms with E-state index in [-0.39, 0.29) is 18.4 Å². The highest BCUT2D eigenvalue weighted by Gasteiger charge is 2.61. The first-order valence-corrected chi connectivity index (χ1v) is 10.6. The summed E-state index contributed by atoms with van der Waals surface area (Å²) >= 11 is 0. The molecule has 0 saturated carbocycles. The fourth-order valence-electron chi connectivity index (χ4n) is 4.06. The molecular weight excluding hydrogens is 400 g/mol. The summed E-state index contributed by atoms with van der Waals surface area (Å²) in [5, 5.41) is 12.8. The van der Waals surface area contributed by atoms with E-state index in [0.29, 0.717) is 12.0 Å². The summed E-state index contributed by atoms with van der Waals surface area (Å²) in [5.74, 6) is -4.50. The summed E-state index contributed by atoms with van der Waals surface area (Å²) in [6, 6.07) is 8.93. The number of unbranched alkanes of at least 4 members (excludes halogenated alkanes) is 3. The van der Waals surface area contributed by atoms with E-state index in [1.165, 1.54) is 20.3 Å². The van der Waals surface area contributed by atoms with Crippen molar-refractivity contribution in [2.45, 2.75) is 63.9 Å². The van der Waals surface area contributed by atoms with Gasteiger partial charge in [-0.1, -0.05) is 63.4 Å². The molecule has 1 aliphatic heterocycles. The normalized spacial score (nSPS) is 21.2. The number of nitrogens with zero attached hydrogens (tertiary/aromatic N) is 1. The highest BCUT2D eigenvalue weighted by atomic mass is 16.6. The first kappa shape index (κ1) is 24.6. The van der Waals surface area contributed by atoms with Crippen LogP contribution in [0.1, 0.15) is 57.9 Å². The molecular formula is C23H32N2O6. The van der Waals surface area contributed by atoms with Gasteiger partial charge in [-0.25, -0.2) is 4.79 Å². The van der Waals surface area contributed by atoms with Gasteiger partial charge in [0.2, 0.25) is 5.85 Å². The second kappa shape index (κ2) is 10.5. The minimum Gasteiger partial charge on any atom is -0.478 e. The second-order valence-corrected chi connectivity index (χ2v) is 7.51. The number of carboxylic acids is 1. The van der Waals surface area contributed by atoms with Crippen LogP contribution in [0, 0.1) is 0 Å². The number of nitrogens with one attached hydrogen (secondary N) is 1. The van der Waals surface area contributed by atoms with Crippen LogP contribution in [0.3, 0.4) is 0 Å². The van der Waals surface area contributed by atoms with Crippen molar-refractivity contribution in [1.29, 1.82) is 0 Å². The fourth-order valence-corrected chi connectivity index (χ4v) is 4.06. The molecule has 170 valence electrons. The van der Waals surface area contributed by atoms with Crippen LogP contribution >= 0.6 is 0 Å². The molecule has 0 bridgehead atoms. The van der Waals surface area contributed by atoms with Gasteiger partial charge in [0.25, 0.3) is 0 Å². The predicted octanol–water partition coefficient (Wildman–Crippen LogP) is 3.14. The van der Waals surface area contributed by atoms with Crippen molar-refractivity contribution in [2.24, 2.45) is 0 Å². The van der Waals surface area contributed by atoms with Gasteiger partial charge in [-0.2, -0.15) is 0 Å². The van der Waals surface area contributed by atoms with Crippen LogP contribution in [0.2, 0.25) is 0 Å². The maximum atomic E-state index is 13.0. The zero-order valence-corrected chi connectivity index (χ0v) is 18.6. The third-order valence-electron chi connectivity index (χ3n) is 5.71. The minimum absolute atomic E-state index is 0.141. The van der Waals surface area contributed by atoms with Crippen molar-refractivity contribution in [1.82, 2.24) is 10.2 Å². The van der Waals surface area contributed by atoms with Gasteiger partial charge in [0.15, 0.2) is 5.72 Å². The van der Waals surface area contributed by atoms with Crippen LogP contribution in [0.25, 0.3) is 6.08 Å². The Morgan fingerprint density at radius 3 is 2.35 bits per heavy atom. The van der Waals surface area contributed by atoms with Crippen molar-refractivity contribution in [3.8, 4) is 0 Å². The quantitative estimate of drug-likeness (QED) is 0.299. The molecule has 1 heterocycles. The number of amides is 2. The van der Waals surface area contributed by atoms with E-state index in [9.17, 15) is 19.5 Å². The van der Waals surface area contributed by atoms with Crippen LogP contribution in [-0.4, -0.2) is 53.6 Å². The van der Waals surface area contributed by atoms with Gasteiger partial charge in [-0.3, -0.25) is 14.5 Å². The van der Waals surface area contributed by atoms with Gasteiger partial charge < -0.3 is 19.9 Å². The zero-order chi connectivity index (χ0) is 23.1. The summed E-state index contributed by atoms with van der Waals surface area (Å²) in [5.41, 5.74) is -1.21. The molecule has 2 atom stereocenters.